The summed E-state index contributed by atoms with van der Waals surface area (Å²) >= 11 is 1.38. The highest BCUT2D eigenvalue weighted by Gasteiger charge is 2.24. The molecular formula is C16H16N2O2S. The summed E-state index contributed by atoms with van der Waals surface area (Å²) in [7, 11) is 0. The molecule has 1 aromatic carbocycles. The summed E-state index contributed by atoms with van der Waals surface area (Å²) in [4.78, 5) is 30.9. The number of Topliss-reactive ketones (excluding diaryl/α,β-unsaturated/α-hetero) is 1. The smallest absolute Gasteiger partial charge is 0.252 e. The van der Waals surface area contributed by atoms with Gasteiger partial charge in [0, 0.05) is 18.1 Å². The summed E-state index contributed by atoms with van der Waals surface area (Å²) in [5, 5.41) is 0.453. The van der Waals surface area contributed by atoms with Crippen LogP contribution in [0.2, 0.25) is 0 Å². The van der Waals surface area contributed by atoms with Gasteiger partial charge in [-0.1, -0.05) is 48.5 Å². The summed E-state index contributed by atoms with van der Waals surface area (Å²) < 4.78 is 0. The number of hydrogen-bond donors (Lipinski definition) is 1. The third-order valence-corrected chi connectivity index (χ3v) is 4.74. The molecule has 1 fully saturated rings. The molecule has 1 aliphatic rings. The van der Waals surface area contributed by atoms with Crippen LogP contribution in [0.25, 0.3) is 11.3 Å². The van der Waals surface area contributed by atoms with Gasteiger partial charge in [-0.05, 0) is 12.8 Å². The molecule has 0 saturated heterocycles. The average molecular weight is 300 g/mol. The van der Waals surface area contributed by atoms with Gasteiger partial charge in [0.05, 0.1) is 10.9 Å². The molecule has 1 aromatic heterocycles. The number of nitrogens with zero attached hydrogens (tertiary/aromatic N) is 1. The zero-order valence-corrected chi connectivity index (χ0v) is 12.4. The molecule has 0 amide bonds. The third-order valence-electron chi connectivity index (χ3n) is 3.54. The van der Waals surface area contributed by atoms with E-state index >= 15 is 0 Å². The molecule has 2 aromatic rings. The molecule has 5 heteroatoms. The van der Waals surface area contributed by atoms with Gasteiger partial charge < -0.3 is 4.98 Å². The van der Waals surface area contributed by atoms with E-state index in [9.17, 15) is 9.59 Å². The highest BCUT2D eigenvalue weighted by Crippen LogP contribution is 2.30. The third kappa shape index (κ3) is 3.42. The molecule has 1 unspecified atom stereocenters. The van der Waals surface area contributed by atoms with Crippen molar-refractivity contribution in [3.63, 3.8) is 0 Å². The number of thioether (sulfide) groups is 1. The van der Waals surface area contributed by atoms with Crippen LogP contribution in [-0.4, -0.2) is 21.0 Å². The van der Waals surface area contributed by atoms with Gasteiger partial charge in [0.25, 0.3) is 5.56 Å². The van der Waals surface area contributed by atoms with E-state index in [1.165, 1.54) is 17.8 Å². The number of benzene rings is 1. The van der Waals surface area contributed by atoms with Gasteiger partial charge in [-0.15, -0.1) is 0 Å². The van der Waals surface area contributed by atoms with Crippen molar-refractivity contribution < 1.29 is 4.79 Å². The Labute approximate surface area is 127 Å². The van der Waals surface area contributed by atoms with Crippen molar-refractivity contribution in [2.75, 3.05) is 0 Å². The second-order valence-corrected chi connectivity index (χ2v) is 6.31. The molecule has 1 saturated carbocycles. The van der Waals surface area contributed by atoms with Crippen LogP contribution in [-0.2, 0) is 4.79 Å². The van der Waals surface area contributed by atoms with Gasteiger partial charge in [0.2, 0.25) is 0 Å². The molecule has 4 nitrogen and oxygen atoms in total. The monoisotopic (exact) mass is 300 g/mol. The van der Waals surface area contributed by atoms with E-state index in [4.69, 9.17) is 0 Å². The molecule has 0 spiro atoms. The maximum atomic E-state index is 11.9. The van der Waals surface area contributed by atoms with Crippen molar-refractivity contribution in [3.8, 4) is 11.3 Å². The van der Waals surface area contributed by atoms with Gasteiger partial charge in [-0.2, -0.15) is 0 Å². The summed E-state index contributed by atoms with van der Waals surface area (Å²) in [6.07, 6.45) is 3.54. The molecule has 1 heterocycles. The number of ketones is 1. The lowest BCUT2D eigenvalue weighted by Gasteiger charge is -2.19. The Morgan fingerprint density at radius 2 is 1.95 bits per heavy atom. The molecule has 0 radical (unpaired) electrons. The number of hydrogen-bond acceptors (Lipinski definition) is 4. The van der Waals surface area contributed by atoms with Gasteiger partial charge >= 0.3 is 0 Å². The first-order valence-electron chi connectivity index (χ1n) is 7.08. The second-order valence-electron chi connectivity index (χ2n) is 5.12. The Balaban J connectivity index is 1.88. The van der Waals surface area contributed by atoms with Crippen LogP contribution in [0.15, 0.2) is 46.3 Å². The molecule has 3 rings (SSSR count). The van der Waals surface area contributed by atoms with E-state index < -0.39 is 0 Å². The molecule has 1 N–H and O–H groups in total. The predicted molar refractivity (Wildman–Crippen MR) is 83.4 cm³/mol. The maximum Gasteiger partial charge on any atom is 0.252 e. The van der Waals surface area contributed by atoms with E-state index in [2.05, 4.69) is 9.97 Å². The van der Waals surface area contributed by atoms with Gasteiger partial charge in [-0.3, -0.25) is 9.59 Å². The van der Waals surface area contributed by atoms with Crippen molar-refractivity contribution in [2.24, 2.45) is 0 Å². The Kier molecular flexibility index (Phi) is 4.20. The number of carbonyl (C=O) groups is 1. The summed E-state index contributed by atoms with van der Waals surface area (Å²) in [5.41, 5.74) is 1.36. The van der Waals surface area contributed by atoms with Crippen LogP contribution >= 0.6 is 11.8 Å². The highest BCUT2D eigenvalue weighted by atomic mass is 32.2. The fourth-order valence-electron chi connectivity index (χ4n) is 2.46. The number of nitrogens with one attached hydrogen (secondary N) is 1. The molecule has 0 bridgehead atoms. The lowest BCUT2D eigenvalue weighted by atomic mass is 9.99. The summed E-state index contributed by atoms with van der Waals surface area (Å²) in [6.45, 7) is 0. The zero-order chi connectivity index (χ0) is 14.7. The minimum atomic E-state index is -0.186. The Hall–Kier alpha value is -1.88. The van der Waals surface area contributed by atoms with Crippen LogP contribution in [0.5, 0.6) is 0 Å². The Morgan fingerprint density at radius 1 is 1.14 bits per heavy atom. The minimum Gasteiger partial charge on any atom is -0.301 e. The number of H-pyrrole nitrogens is 1. The first-order chi connectivity index (χ1) is 10.2. The number of rotatable bonds is 3. The molecule has 0 aliphatic heterocycles. The van der Waals surface area contributed by atoms with E-state index in [1.807, 2.05) is 30.3 Å². The van der Waals surface area contributed by atoms with Crippen LogP contribution in [0, 0.1) is 0 Å². The molecule has 1 atom stereocenters. The van der Waals surface area contributed by atoms with Crippen molar-refractivity contribution in [2.45, 2.75) is 36.1 Å². The van der Waals surface area contributed by atoms with Crippen LogP contribution in [0.3, 0.4) is 0 Å². The normalized spacial score (nSPS) is 18.7. The van der Waals surface area contributed by atoms with E-state index in [0.29, 0.717) is 17.3 Å². The molecule has 21 heavy (non-hydrogen) atoms. The Morgan fingerprint density at radius 3 is 2.71 bits per heavy atom. The maximum absolute atomic E-state index is 11.9. The minimum absolute atomic E-state index is 0.0760. The average Bonchev–Trinajstić information content (AvgIpc) is 2.50. The lowest BCUT2D eigenvalue weighted by Crippen LogP contribution is -2.22. The first kappa shape index (κ1) is 14.1. The van der Waals surface area contributed by atoms with Crippen molar-refractivity contribution in [3.05, 3.63) is 46.8 Å². The van der Waals surface area contributed by atoms with Crippen LogP contribution < -0.4 is 5.56 Å². The summed E-state index contributed by atoms with van der Waals surface area (Å²) in [6, 6.07) is 11.1. The van der Waals surface area contributed by atoms with Crippen molar-refractivity contribution >= 4 is 17.5 Å². The zero-order valence-electron chi connectivity index (χ0n) is 11.5. The van der Waals surface area contributed by atoms with Gasteiger partial charge in [0.15, 0.2) is 5.16 Å². The number of aromatic amines is 1. The number of aromatic nitrogens is 2. The van der Waals surface area contributed by atoms with Crippen molar-refractivity contribution in [1.29, 1.82) is 0 Å². The highest BCUT2D eigenvalue weighted by molar-refractivity contribution is 8.00. The topological polar surface area (TPSA) is 62.8 Å². The Bertz CT molecular complexity index is 697. The largest absolute Gasteiger partial charge is 0.301 e. The lowest BCUT2D eigenvalue weighted by molar-refractivity contribution is -0.119. The standard InChI is InChI=1S/C16H16N2O2S/c19-13-8-4-5-9-14(13)21-16-17-12(10-15(20)18-16)11-6-2-1-3-7-11/h1-3,6-7,10,14H,4-5,8-9H2,(H,17,18,20). The first-order valence-corrected chi connectivity index (χ1v) is 7.96. The van der Waals surface area contributed by atoms with Gasteiger partial charge in [-0.25, -0.2) is 4.98 Å². The summed E-state index contributed by atoms with van der Waals surface area (Å²) in [5.74, 6) is 0.263. The second kappa shape index (κ2) is 6.26. The van der Waals surface area contributed by atoms with Crippen LogP contribution in [0.1, 0.15) is 25.7 Å². The quantitative estimate of drug-likeness (QED) is 0.885. The molecule has 1 aliphatic carbocycles. The van der Waals surface area contributed by atoms with E-state index in [-0.39, 0.29) is 16.6 Å². The van der Waals surface area contributed by atoms with Crippen LogP contribution in [0.4, 0.5) is 0 Å². The SMILES string of the molecule is O=C1CCCCC1Sc1nc(-c2ccccc2)cc(=O)[nH]1. The fraction of sp³-hybridized carbons (Fsp3) is 0.312. The van der Waals surface area contributed by atoms with E-state index in [1.54, 1.807) is 0 Å². The molecule has 108 valence electrons. The molecular weight excluding hydrogens is 284 g/mol. The van der Waals surface area contributed by atoms with Gasteiger partial charge in [0.1, 0.15) is 5.78 Å². The fourth-order valence-corrected chi connectivity index (χ4v) is 3.57. The number of carbonyl (C=O) groups excluding carboxylic acids is 1. The van der Waals surface area contributed by atoms with E-state index in [0.717, 1.165) is 24.8 Å². The van der Waals surface area contributed by atoms with Crippen molar-refractivity contribution in [1.82, 2.24) is 9.97 Å². The predicted octanol–water partition coefficient (Wildman–Crippen LogP) is 3.04.